The topological polar surface area (TPSA) is 54.3 Å². The molecule has 0 fully saturated rings. The van der Waals surface area contributed by atoms with Gasteiger partial charge in [-0.3, -0.25) is 4.79 Å². The van der Waals surface area contributed by atoms with Crippen molar-refractivity contribution in [2.24, 2.45) is 0 Å². The van der Waals surface area contributed by atoms with Crippen molar-refractivity contribution in [2.75, 3.05) is 5.32 Å². The van der Waals surface area contributed by atoms with Crippen molar-refractivity contribution >= 4 is 11.6 Å². The molecule has 0 spiro atoms. The number of hydrogen-bond donors (Lipinski definition) is 2. The monoisotopic (exact) mass is 248 g/mol. The number of rotatable bonds is 4. The van der Waals surface area contributed by atoms with E-state index in [1.165, 1.54) is 24.3 Å². The standard InChI is InChI=1S/C13H13FN2O2/c14-10-3-5-11(6-4-10)15-13(18)8-16-7-1-2-12(16)9-17/h1-7,17H,8-9H2,(H,15,18). The molecule has 1 heterocycles. The Bertz CT molecular complexity index is 534. The molecule has 0 aliphatic heterocycles. The summed E-state index contributed by atoms with van der Waals surface area (Å²) in [5.74, 6) is -0.575. The van der Waals surface area contributed by atoms with Gasteiger partial charge in [0.1, 0.15) is 12.4 Å². The van der Waals surface area contributed by atoms with Crippen molar-refractivity contribution in [3.63, 3.8) is 0 Å². The van der Waals surface area contributed by atoms with Gasteiger partial charge in [-0.2, -0.15) is 0 Å². The predicted molar refractivity (Wildman–Crippen MR) is 65.4 cm³/mol. The molecule has 0 aliphatic carbocycles. The van der Waals surface area contributed by atoms with Crippen LogP contribution in [0.4, 0.5) is 10.1 Å². The van der Waals surface area contributed by atoms with E-state index in [-0.39, 0.29) is 24.9 Å². The summed E-state index contributed by atoms with van der Waals surface area (Å²) in [7, 11) is 0. The summed E-state index contributed by atoms with van der Waals surface area (Å²) in [5, 5.41) is 11.7. The molecule has 0 aliphatic rings. The highest BCUT2D eigenvalue weighted by molar-refractivity contribution is 5.90. The smallest absolute Gasteiger partial charge is 0.244 e. The van der Waals surface area contributed by atoms with Crippen LogP contribution in [0.2, 0.25) is 0 Å². The van der Waals surface area contributed by atoms with Gasteiger partial charge in [0.2, 0.25) is 5.91 Å². The van der Waals surface area contributed by atoms with Crippen LogP contribution < -0.4 is 5.32 Å². The van der Waals surface area contributed by atoms with Gasteiger partial charge in [0, 0.05) is 17.6 Å². The van der Waals surface area contributed by atoms with Gasteiger partial charge in [-0.05, 0) is 36.4 Å². The first kappa shape index (κ1) is 12.3. The van der Waals surface area contributed by atoms with Crippen LogP contribution in [-0.4, -0.2) is 15.6 Å². The quantitative estimate of drug-likeness (QED) is 0.866. The molecule has 2 N–H and O–H groups in total. The fourth-order valence-electron chi connectivity index (χ4n) is 1.64. The van der Waals surface area contributed by atoms with Crippen LogP contribution >= 0.6 is 0 Å². The number of nitrogens with one attached hydrogen (secondary N) is 1. The van der Waals surface area contributed by atoms with Crippen molar-refractivity contribution < 1.29 is 14.3 Å². The largest absolute Gasteiger partial charge is 0.390 e. The third kappa shape index (κ3) is 2.95. The number of halogens is 1. The van der Waals surface area contributed by atoms with E-state index in [1.54, 1.807) is 22.9 Å². The second kappa shape index (κ2) is 5.46. The Labute approximate surface area is 104 Å². The van der Waals surface area contributed by atoms with Gasteiger partial charge in [0.25, 0.3) is 0 Å². The summed E-state index contributed by atoms with van der Waals surface area (Å²) < 4.78 is 14.3. The van der Waals surface area contributed by atoms with Crippen LogP contribution in [0.15, 0.2) is 42.6 Å². The van der Waals surface area contributed by atoms with Crippen molar-refractivity contribution in [3.8, 4) is 0 Å². The first-order chi connectivity index (χ1) is 8.69. The van der Waals surface area contributed by atoms with Crippen LogP contribution in [0.1, 0.15) is 5.69 Å². The van der Waals surface area contributed by atoms with E-state index in [1.807, 2.05) is 0 Å². The van der Waals surface area contributed by atoms with Gasteiger partial charge < -0.3 is 15.0 Å². The van der Waals surface area contributed by atoms with E-state index in [4.69, 9.17) is 5.11 Å². The summed E-state index contributed by atoms with van der Waals surface area (Å²) in [6.07, 6.45) is 1.72. The maximum absolute atomic E-state index is 12.7. The van der Waals surface area contributed by atoms with E-state index < -0.39 is 0 Å². The van der Waals surface area contributed by atoms with Gasteiger partial charge in [0.15, 0.2) is 0 Å². The van der Waals surface area contributed by atoms with Crippen LogP contribution in [0, 0.1) is 5.82 Å². The Balaban J connectivity index is 1.99. The zero-order valence-electron chi connectivity index (χ0n) is 9.64. The molecule has 5 heteroatoms. The number of amides is 1. The van der Waals surface area contributed by atoms with E-state index in [2.05, 4.69) is 5.32 Å². The first-order valence-corrected chi connectivity index (χ1v) is 5.49. The predicted octanol–water partition coefficient (Wildman–Crippen LogP) is 1.76. The SMILES string of the molecule is O=C(Cn1cccc1CO)Nc1ccc(F)cc1. The van der Waals surface area contributed by atoms with Crippen LogP contribution in [0.5, 0.6) is 0 Å². The lowest BCUT2D eigenvalue weighted by Crippen LogP contribution is -2.19. The number of benzene rings is 1. The van der Waals surface area contributed by atoms with Crippen molar-refractivity contribution in [1.82, 2.24) is 4.57 Å². The number of aromatic nitrogens is 1. The maximum Gasteiger partial charge on any atom is 0.244 e. The van der Waals surface area contributed by atoms with E-state index in [0.717, 1.165) is 0 Å². The Morgan fingerprint density at radius 2 is 2.00 bits per heavy atom. The highest BCUT2D eigenvalue weighted by Gasteiger charge is 2.06. The zero-order valence-corrected chi connectivity index (χ0v) is 9.64. The molecule has 0 unspecified atom stereocenters. The number of nitrogens with zero attached hydrogens (tertiary/aromatic N) is 1. The molecule has 0 saturated carbocycles. The molecule has 0 bridgehead atoms. The minimum atomic E-state index is -0.346. The Morgan fingerprint density at radius 3 is 2.67 bits per heavy atom. The van der Waals surface area contributed by atoms with E-state index in [9.17, 15) is 9.18 Å². The molecule has 18 heavy (non-hydrogen) atoms. The summed E-state index contributed by atoms with van der Waals surface area (Å²) in [6, 6.07) is 9.06. The third-order valence-corrected chi connectivity index (χ3v) is 2.53. The molecule has 2 rings (SSSR count). The third-order valence-electron chi connectivity index (χ3n) is 2.53. The number of hydrogen-bond acceptors (Lipinski definition) is 2. The summed E-state index contributed by atoms with van der Waals surface area (Å²) in [5.41, 5.74) is 1.21. The van der Waals surface area contributed by atoms with Crippen LogP contribution in [-0.2, 0) is 17.9 Å². The van der Waals surface area contributed by atoms with Crippen molar-refractivity contribution in [2.45, 2.75) is 13.2 Å². The van der Waals surface area contributed by atoms with Gasteiger partial charge in [-0.1, -0.05) is 0 Å². The average molecular weight is 248 g/mol. The zero-order chi connectivity index (χ0) is 13.0. The van der Waals surface area contributed by atoms with Crippen molar-refractivity contribution in [1.29, 1.82) is 0 Å². The van der Waals surface area contributed by atoms with Gasteiger partial charge in [0.05, 0.1) is 6.61 Å². The highest BCUT2D eigenvalue weighted by Crippen LogP contribution is 2.09. The molecule has 4 nitrogen and oxygen atoms in total. The van der Waals surface area contributed by atoms with E-state index in [0.29, 0.717) is 11.4 Å². The van der Waals surface area contributed by atoms with Gasteiger partial charge >= 0.3 is 0 Å². The summed E-state index contributed by atoms with van der Waals surface area (Å²) in [6.45, 7) is -0.00288. The molecule has 1 amide bonds. The maximum atomic E-state index is 12.7. The molecular formula is C13H13FN2O2. The Morgan fingerprint density at radius 1 is 1.28 bits per heavy atom. The second-order valence-electron chi connectivity index (χ2n) is 3.84. The summed E-state index contributed by atoms with van der Waals surface area (Å²) >= 11 is 0. The molecule has 1 aromatic heterocycles. The molecule has 0 atom stereocenters. The Hall–Kier alpha value is -2.14. The number of carbonyl (C=O) groups excluding carboxylic acids is 1. The molecule has 0 radical (unpaired) electrons. The number of aliphatic hydroxyl groups is 1. The molecule has 2 aromatic rings. The number of anilines is 1. The van der Waals surface area contributed by atoms with E-state index >= 15 is 0 Å². The van der Waals surface area contributed by atoms with Gasteiger partial charge in [-0.15, -0.1) is 0 Å². The molecule has 0 saturated heterocycles. The molecular weight excluding hydrogens is 235 g/mol. The minimum absolute atomic E-state index is 0.111. The number of carbonyl (C=O) groups is 1. The lowest BCUT2D eigenvalue weighted by molar-refractivity contribution is -0.116. The van der Waals surface area contributed by atoms with Crippen LogP contribution in [0.25, 0.3) is 0 Å². The van der Waals surface area contributed by atoms with Crippen LogP contribution in [0.3, 0.4) is 0 Å². The summed E-state index contributed by atoms with van der Waals surface area (Å²) in [4.78, 5) is 11.7. The highest BCUT2D eigenvalue weighted by atomic mass is 19.1. The molecule has 1 aromatic carbocycles. The number of aliphatic hydroxyl groups excluding tert-OH is 1. The second-order valence-corrected chi connectivity index (χ2v) is 3.84. The molecule has 94 valence electrons. The van der Waals surface area contributed by atoms with Crippen molar-refractivity contribution in [3.05, 3.63) is 54.1 Å². The normalized spacial score (nSPS) is 10.3. The Kier molecular flexibility index (Phi) is 3.74. The average Bonchev–Trinajstić information content (AvgIpc) is 2.79. The lowest BCUT2D eigenvalue weighted by atomic mass is 10.3. The fraction of sp³-hybridized carbons (Fsp3) is 0.154. The van der Waals surface area contributed by atoms with Gasteiger partial charge in [-0.25, -0.2) is 4.39 Å². The lowest BCUT2D eigenvalue weighted by Gasteiger charge is -2.08. The fourth-order valence-corrected chi connectivity index (χ4v) is 1.64. The first-order valence-electron chi connectivity index (χ1n) is 5.49. The minimum Gasteiger partial charge on any atom is -0.390 e.